The van der Waals surface area contributed by atoms with Crippen LogP contribution in [0.2, 0.25) is 5.02 Å². The molecule has 1 aliphatic heterocycles. The zero-order valence-corrected chi connectivity index (χ0v) is 18.3. The maximum atomic E-state index is 13.6. The lowest BCUT2D eigenvalue weighted by Gasteiger charge is -2.32. The van der Waals surface area contributed by atoms with Gasteiger partial charge in [0.1, 0.15) is 23.2 Å². The Morgan fingerprint density at radius 3 is 2.82 bits per heavy atom. The molecule has 1 fully saturated rings. The Hall–Kier alpha value is -3.48. The number of nitriles is 1. The number of amides is 2. The number of benzene rings is 1. The minimum atomic E-state index is -0.992. The van der Waals surface area contributed by atoms with Gasteiger partial charge >= 0.3 is 0 Å². The number of carbonyl (C=O) groups is 2. The van der Waals surface area contributed by atoms with Crippen LogP contribution in [0, 0.1) is 17.1 Å². The number of aliphatic hydroxyl groups is 1. The lowest BCUT2D eigenvalue weighted by atomic mass is 9.98. The number of hydrogen-bond donors (Lipinski definition) is 3. The second kappa shape index (κ2) is 9.57. The molecule has 0 saturated carbocycles. The summed E-state index contributed by atoms with van der Waals surface area (Å²) in [5.41, 5.74) is 1.22. The summed E-state index contributed by atoms with van der Waals surface area (Å²) in [6.45, 7) is 0.714. The molecule has 2 aromatic heterocycles. The van der Waals surface area contributed by atoms with Crippen molar-refractivity contribution in [1.29, 1.82) is 5.26 Å². The Labute approximate surface area is 194 Å². The first-order valence-electron chi connectivity index (χ1n) is 10.4. The van der Waals surface area contributed by atoms with Crippen LogP contribution < -0.4 is 5.32 Å². The lowest BCUT2D eigenvalue weighted by Crippen LogP contribution is -2.52. The topological polar surface area (TPSA) is 122 Å². The van der Waals surface area contributed by atoms with E-state index in [-0.39, 0.29) is 23.6 Å². The number of nitrogens with one attached hydrogen (secondary N) is 2. The first kappa shape index (κ1) is 22.7. The van der Waals surface area contributed by atoms with E-state index < -0.39 is 23.9 Å². The van der Waals surface area contributed by atoms with Gasteiger partial charge in [-0.2, -0.15) is 5.26 Å². The molecule has 0 bridgehead atoms. The van der Waals surface area contributed by atoms with Gasteiger partial charge < -0.3 is 20.3 Å². The van der Waals surface area contributed by atoms with Crippen LogP contribution in [-0.2, 0) is 11.2 Å². The molecule has 1 aromatic carbocycles. The summed E-state index contributed by atoms with van der Waals surface area (Å²) < 4.78 is 13.6. The summed E-state index contributed by atoms with van der Waals surface area (Å²) >= 11 is 5.96. The van der Waals surface area contributed by atoms with E-state index in [1.807, 2.05) is 6.07 Å². The van der Waals surface area contributed by atoms with Gasteiger partial charge in [-0.25, -0.2) is 9.37 Å². The summed E-state index contributed by atoms with van der Waals surface area (Å²) in [5, 5.41) is 23.0. The van der Waals surface area contributed by atoms with Gasteiger partial charge in [0.2, 0.25) is 5.91 Å². The number of nitrogens with zero attached hydrogens (tertiary/aromatic N) is 3. The fourth-order valence-corrected chi connectivity index (χ4v) is 4.07. The molecule has 0 aliphatic carbocycles. The number of halogens is 2. The van der Waals surface area contributed by atoms with Crippen molar-refractivity contribution in [3.63, 3.8) is 0 Å². The second-order valence-corrected chi connectivity index (χ2v) is 8.41. The Morgan fingerprint density at radius 1 is 1.33 bits per heavy atom. The van der Waals surface area contributed by atoms with Crippen LogP contribution >= 0.6 is 11.6 Å². The van der Waals surface area contributed by atoms with Crippen molar-refractivity contribution in [3.8, 4) is 6.07 Å². The normalized spacial score (nSPS) is 15.3. The summed E-state index contributed by atoms with van der Waals surface area (Å²) in [4.78, 5) is 34.9. The Balaban J connectivity index is 1.60. The van der Waals surface area contributed by atoms with Crippen LogP contribution in [0.3, 0.4) is 0 Å². The van der Waals surface area contributed by atoms with Crippen LogP contribution in [0.25, 0.3) is 11.0 Å². The summed E-state index contributed by atoms with van der Waals surface area (Å²) in [5.74, 6) is -1.42. The molecule has 8 nitrogen and oxygen atoms in total. The lowest BCUT2D eigenvalue weighted by molar-refractivity contribution is -0.135. The Bertz CT molecular complexity index is 1250. The first-order chi connectivity index (χ1) is 15.8. The van der Waals surface area contributed by atoms with Gasteiger partial charge in [0.25, 0.3) is 5.91 Å². The van der Waals surface area contributed by atoms with E-state index in [1.165, 1.54) is 18.3 Å². The van der Waals surface area contributed by atoms with Crippen molar-refractivity contribution in [1.82, 2.24) is 20.2 Å². The number of aliphatic hydroxyl groups excluding tert-OH is 1. The summed E-state index contributed by atoms with van der Waals surface area (Å²) in [6.07, 6.45) is 1.89. The van der Waals surface area contributed by atoms with Crippen LogP contribution in [-0.4, -0.2) is 57.0 Å². The largest absolute Gasteiger partial charge is 0.393 e. The molecule has 1 atom stereocenters. The molecule has 1 aliphatic rings. The van der Waals surface area contributed by atoms with Gasteiger partial charge in [0.15, 0.2) is 0 Å². The van der Waals surface area contributed by atoms with Gasteiger partial charge in [-0.1, -0.05) is 17.7 Å². The summed E-state index contributed by atoms with van der Waals surface area (Å²) in [6, 6.07) is 7.94. The number of aromatic nitrogens is 2. The highest BCUT2D eigenvalue weighted by molar-refractivity contribution is 6.31. The smallest absolute Gasteiger partial charge is 0.268 e. The molecule has 0 radical (unpaired) electrons. The van der Waals surface area contributed by atoms with E-state index in [0.717, 1.165) is 6.07 Å². The van der Waals surface area contributed by atoms with E-state index in [2.05, 4.69) is 15.3 Å². The number of fused-ring (bicyclic) bond motifs is 1. The third-order valence-corrected chi connectivity index (χ3v) is 5.88. The number of H-pyrrole nitrogens is 1. The fourth-order valence-electron chi connectivity index (χ4n) is 3.90. The van der Waals surface area contributed by atoms with Gasteiger partial charge in [-0.15, -0.1) is 0 Å². The third-order valence-electron chi connectivity index (χ3n) is 5.68. The van der Waals surface area contributed by atoms with E-state index >= 15 is 0 Å². The van der Waals surface area contributed by atoms with E-state index in [4.69, 9.17) is 11.6 Å². The van der Waals surface area contributed by atoms with E-state index in [0.29, 0.717) is 47.6 Å². The standard InChI is InChI=1S/C23H21ClFN5O3/c24-16-7-14-10-19(28-21(14)27-12-16)22(32)29-20(23(33)30-5-3-18(31)4-6-30)9-13-1-2-17(25)8-15(13)11-26/h1-2,7-8,10,12,18,20,31H,3-6,9H2,(H,27,28)(H,29,32). The molecule has 3 heterocycles. The maximum absolute atomic E-state index is 13.6. The van der Waals surface area contributed by atoms with Crippen LogP contribution in [0.4, 0.5) is 4.39 Å². The average Bonchev–Trinajstić information content (AvgIpc) is 3.23. The van der Waals surface area contributed by atoms with Crippen molar-refractivity contribution in [2.75, 3.05) is 13.1 Å². The minimum absolute atomic E-state index is 0.0110. The molecule has 2 amide bonds. The van der Waals surface area contributed by atoms with Crippen LogP contribution in [0.15, 0.2) is 36.5 Å². The van der Waals surface area contributed by atoms with Crippen molar-refractivity contribution in [3.05, 3.63) is 64.2 Å². The van der Waals surface area contributed by atoms with Gasteiger partial charge in [0.05, 0.1) is 22.8 Å². The number of piperidine rings is 1. The minimum Gasteiger partial charge on any atom is -0.393 e. The quantitative estimate of drug-likeness (QED) is 0.530. The monoisotopic (exact) mass is 469 g/mol. The average molecular weight is 470 g/mol. The van der Waals surface area contributed by atoms with Crippen molar-refractivity contribution in [2.45, 2.75) is 31.4 Å². The molecule has 33 heavy (non-hydrogen) atoms. The molecule has 3 N–H and O–H groups in total. The maximum Gasteiger partial charge on any atom is 0.268 e. The van der Waals surface area contributed by atoms with Crippen molar-refractivity contribution >= 4 is 34.4 Å². The fraction of sp³-hybridized carbons (Fsp3) is 0.304. The predicted molar refractivity (Wildman–Crippen MR) is 119 cm³/mol. The van der Waals surface area contributed by atoms with Crippen LogP contribution in [0.5, 0.6) is 0 Å². The van der Waals surface area contributed by atoms with Gasteiger partial charge in [0, 0.05) is 31.1 Å². The molecule has 1 unspecified atom stereocenters. The molecule has 0 spiro atoms. The number of rotatable bonds is 5. The number of likely N-dealkylation sites (tertiary alicyclic amines) is 1. The first-order valence-corrected chi connectivity index (χ1v) is 10.8. The zero-order valence-electron chi connectivity index (χ0n) is 17.5. The zero-order chi connectivity index (χ0) is 23.5. The highest BCUT2D eigenvalue weighted by Crippen LogP contribution is 2.19. The molecule has 4 rings (SSSR count). The molecular formula is C23H21ClFN5O3. The molecule has 10 heteroatoms. The highest BCUT2D eigenvalue weighted by Gasteiger charge is 2.30. The number of pyridine rings is 1. The molecular weight excluding hydrogens is 449 g/mol. The van der Waals surface area contributed by atoms with E-state index in [1.54, 1.807) is 17.0 Å². The molecule has 1 saturated heterocycles. The van der Waals surface area contributed by atoms with Crippen LogP contribution in [0.1, 0.15) is 34.5 Å². The van der Waals surface area contributed by atoms with Gasteiger partial charge in [-0.05, 0) is 42.7 Å². The summed E-state index contributed by atoms with van der Waals surface area (Å²) in [7, 11) is 0. The molecule has 3 aromatic rings. The van der Waals surface area contributed by atoms with Gasteiger partial charge in [-0.3, -0.25) is 9.59 Å². The number of carbonyl (C=O) groups excluding carboxylic acids is 2. The SMILES string of the molecule is N#Cc1cc(F)ccc1CC(NC(=O)c1cc2cc(Cl)cnc2[nH]1)C(=O)N1CCC(O)CC1. The number of aromatic amines is 1. The van der Waals surface area contributed by atoms with Crippen molar-refractivity contribution in [2.24, 2.45) is 0 Å². The Kier molecular flexibility index (Phi) is 6.58. The second-order valence-electron chi connectivity index (χ2n) is 7.97. The molecule has 170 valence electrons. The highest BCUT2D eigenvalue weighted by atomic mass is 35.5. The third kappa shape index (κ3) is 5.13. The predicted octanol–water partition coefficient (Wildman–Crippen LogP) is 2.55. The Morgan fingerprint density at radius 2 is 2.09 bits per heavy atom. The van der Waals surface area contributed by atoms with Crippen molar-refractivity contribution < 1.29 is 19.1 Å². The number of hydrogen-bond acceptors (Lipinski definition) is 5. The van der Waals surface area contributed by atoms with E-state index in [9.17, 15) is 24.3 Å².